The molecule has 0 amide bonds. The lowest BCUT2D eigenvalue weighted by Crippen LogP contribution is -2.45. The third-order valence-electron chi connectivity index (χ3n) is 3.17. The smallest absolute Gasteiger partial charge is 0.0285 e. The maximum Gasteiger partial charge on any atom is 0.0285 e. The molecule has 2 nitrogen and oxygen atoms in total. The van der Waals surface area contributed by atoms with Crippen molar-refractivity contribution in [2.45, 2.75) is 25.3 Å². The van der Waals surface area contributed by atoms with E-state index < -0.39 is 0 Å². The minimum atomic E-state index is 0.324. The van der Waals surface area contributed by atoms with E-state index in [9.17, 15) is 0 Å². The average molecular weight is 152 g/mol. The topological polar surface area (TPSA) is 38.0 Å². The summed E-state index contributed by atoms with van der Waals surface area (Å²) in [5.41, 5.74) is 6.47. The molecule has 11 heavy (non-hydrogen) atoms. The molecule has 2 heteroatoms. The molecule has 1 unspecified atom stereocenters. The number of nitrogens with two attached hydrogens (primary N) is 1. The number of rotatable bonds is 0. The van der Waals surface area contributed by atoms with Crippen LogP contribution in [0.25, 0.3) is 0 Å². The minimum Gasteiger partial charge on any atom is -0.324 e. The third kappa shape index (κ3) is 1.10. The molecule has 1 atom stereocenters. The van der Waals surface area contributed by atoms with E-state index >= 15 is 0 Å². The first kappa shape index (κ1) is 7.32. The zero-order valence-corrected chi connectivity index (χ0v) is 6.84. The Balaban J connectivity index is 2.08. The summed E-state index contributed by atoms with van der Waals surface area (Å²) in [6.07, 6.45) is 8.12. The van der Waals surface area contributed by atoms with Crippen LogP contribution in [0.15, 0.2) is 12.2 Å². The summed E-state index contributed by atoms with van der Waals surface area (Å²) in [4.78, 5) is 0. The number of piperidine rings is 1. The normalized spacial score (nSPS) is 34.8. The molecule has 0 aromatic rings. The molecule has 1 fully saturated rings. The summed E-state index contributed by atoms with van der Waals surface area (Å²) >= 11 is 0. The highest BCUT2D eigenvalue weighted by Crippen LogP contribution is 2.40. The standard InChI is InChI=1S/C9H16N2/c10-8-2-1-3-9(8)4-6-11-7-5-9/h1-2,8,11H,3-7,10H2. The van der Waals surface area contributed by atoms with Crippen LogP contribution >= 0.6 is 0 Å². The van der Waals surface area contributed by atoms with E-state index in [4.69, 9.17) is 5.73 Å². The van der Waals surface area contributed by atoms with Gasteiger partial charge in [0.05, 0.1) is 0 Å². The van der Waals surface area contributed by atoms with E-state index in [-0.39, 0.29) is 0 Å². The summed E-state index contributed by atoms with van der Waals surface area (Å²) in [5.74, 6) is 0. The summed E-state index contributed by atoms with van der Waals surface area (Å²) in [6, 6.07) is 0.324. The number of hydrogen-bond donors (Lipinski definition) is 2. The lowest BCUT2D eigenvalue weighted by atomic mass is 9.74. The van der Waals surface area contributed by atoms with Crippen LogP contribution in [0.5, 0.6) is 0 Å². The van der Waals surface area contributed by atoms with Crippen molar-refractivity contribution in [3.63, 3.8) is 0 Å². The fourth-order valence-corrected chi connectivity index (χ4v) is 2.25. The molecule has 1 spiro atoms. The Labute approximate surface area is 67.8 Å². The lowest BCUT2D eigenvalue weighted by Gasteiger charge is -2.37. The van der Waals surface area contributed by atoms with Crippen molar-refractivity contribution in [3.8, 4) is 0 Å². The van der Waals surface area contributed by atoms with Gasteiger partial charge in [-0.3, -0.25) is 0 Å². The molecule has 62 valence electrons. The van der Waals surface area contributed by atoms with E-state index in [1.54, 1.807) is 0 Å². The quantitative estimate of drug-likeness (QED) is 0.500. The van der Waals surface area contributed by atoms with Crippen molar-refractivity contribution in [2.24, 2.45) is 11.1 Å². The van der Waals surface area contributed by atoms with Crippen molar-refractivity contribution in [1.29, 1.82) is 0 Å². The highest BCUT2D eigenvalue weighted by Gasteiger charge is 2.38. The molecule has 2 rings (SSSR count). The maximum absolute atomic E-state index is 6.03. The van der Waals surface area contributed by atoms with Gasteiger partial charge in [-0.2, -0.15) is 0 Å². The van der Waals surface area contributed by atoms with Gasteiger partial charge in [0.25, 0.3) is 0 Å². The zero-order chi connectivity index (χ0) is 7.73. The van der Waals surface area contributed by atoms with Gasteiger partial charge in [-0.15, -0.1) is 0 Å². The number of hydrogen-bond acceptors (Lipinski definition) is 2. The van der Waals surface area contributed by atoms with Crippen LogP contribution in [0.4, 0.5) is 0 Å². The molecule has 1 saturated heterocycles. The number of allylic oxidation sites excluding steroid dienone is 1. The van der Waals surface area contributed by atoms with Crippen LogP contribution in [0.1, 0.15) is 19.3 Å². The van der Waals surface area contributed by atoms with Crippen molar-refractivity contribution < 1.29 is 0 Å². The molecular formula is C9H16N2. The highest BCUT2D eigenvalue weighted by atomic mass is 14.9. The lowest BCUT2D eigenvalue weighted by molar-refractivity contribution is 0.194. The van der Waals surface area contributed by atoms with Crippen LogP contribution in [0.2, 0.25) is 0 Å². The van der Waals surface area contributed by atoms with E-state index in [0.717, 1.165) is 13.1 Å². The van der Waals surface area contributed by atoms with Gasteiger partial charge < -0.3 is 11.1 Å². The van der Waals surface area contributed by atoms with Gasteiger partial charge in [-0.05, 0) is 37.8 Å². The molecule has 0 aromatic heterocycles. The molecule has 0 saturated carbocycles. The van der Waals surface area contributed by atoms with Crippen molar-refractivity contribution in [3.05, 3.63) is 12.2 Å². The van der Waals surface area contributed by atoms with Gasteiger partial charge in [-0.25, -0.2) is 0 Å². The predicted octanol–water partition coefficient (Wildman–Crippen LogP) is 0.643. The van der Waals surface area contributed by atoms with Crippen molar-refractivity contribution >= 4 is 0 Å². The highest BCUT2D eigenvalue weighted by molar-refractivity contribution is 5.13. The van der Waals surface area contributed by atoms with Crippen LogP contribution in [0.3, 0.4) is 0 Å². The van der Waals surface area contributed by atoms with Gasteiger partial charge in [0.1, 0.15) is 0 Å². The first-order valence-corrected chi connectivity index (χ1v) is 4.46. The van der Waals surface area contributed by atoms with Crippen LogP contribution in [0, 0.1) is 5.41 Å². The Morgan fingerprint density at radius 3 is 2.64 bits per heavy atom. The summed E-state index contributed by atoms with van der Waals surface area (Å²) in [5, 5.41) is 3.37. The fraction of sp³-hybridized carbons (Fsp3) is 0.778. The van der Waals surface area contributed by atoms with Gasteiger partial charge in [0, 0.05) is 6.04 Å². The average Bonchev–Trinajstić information content (AvgIpc) is 2.36. The molecule has 0 bridgehead atoms. The van der Waals surface area contributed by atoms with Gasteiger partial charge in [-0.1, -0.05) is 12.2 Å². The molecule has 1 heterocycles. The molecule has 3 N–H and O–H groups in total. The second-order valence-corrected chi connectivity index (χ2v) is 3.77. The Kier molecular flexibility index (Phi) is 1.74. The minimum absolute atomic E-state index is 0.324. The van der Waals surface area contributed by atoms with Gasteiger partial charge in [0.15, 0.2) is 0 Å². The summed E-state index contributed by atoms with van der Waals surface area (Å²) < 4.78 is 0. The summed E-state index contributed by atoms with van der Waals surface area (Å²) in [7, 11) is 0. The number of nitrogens with one attached hydrogen (secondary N) is 1. The van der Waals surface area contributed by atoms with Crippen molar-refractivity contribution in [1.82, 2.24) is 5.32 Å². The Morgan fingerprint density at radius 1 is 1.36 bits per heavy atom. The van der Waals surface area contributed by atoms with Crippen molar-refractivity contribution in [2.75, 3.05) is 13.1 Å². The maximum atomic E-state index is 6.03. The van der Waals surface area contributed by atoms with Gasteiger partial charge in [0.2, 0.25) is 0 Å². The van der Waals surface area contributed by atoms with E-state index in [0.29, 0.717) is 11.5 Å². The van der Waals surface area contributed by atoms with Crippen LogP contribution < -0.4 is 11.1 Å². The van der Waals surface area contributed by atoms with Crippen LogP contribution in [-0.2, 0) is 0 Å². The zero-order valence-electron chi connectivity index (χ0n) is 6.84. The van der Waals surface area contributed by atoms with Crippen LogP contribution in [-0.4, -0.2) is 19.1 Å². The Bertz CT molecular complexity index is 168. The second-order valence-electron chi connectivity index (χ2n) is 3.77. The third-order valence-corrected chi connectivity index (χ3v) is 3.17. The molecular weight excluding hydrogens is 136 g/mol. The van der Waals surface area contributed by atoms with E-state index in [2.05, 4.69) is 17.5 Å². The fourth-order valence-electron chi connectivity index (χ4n) is 2.25. The molecule has 1 aliphatic heterocycles. The predicted molar refractivity (Wildman–Crippen MR) is 46.3 cm³/mol. The van der Waals surface area contributed by atoms with E-state index in [1.807, 2.05) is 0 Å². The SMILES string of the molecule is NC1C=CCC12CCNCC2. The summed E-state index contributed by atoms with van der Waals surface area (Å²) in [6.45, 7) is 2.30. The second kappa shape index (κ2) is 2.61. The largest absolute Gasteiger partial charge is 0.324 e. The molecule has 1 aliphatic carbocycles. The first-order valence-electron chi connectivity index (χ1n) is 4.46. The molecule has 0 aromatic carbocycles. The van der Waals surface area contributed by atoms with E-state index in [1.165, 1.54) is 19.3 Å². The Hall–Kier alpha value is -0.340. The molecule has 2 aliphatic rings. The van der Waals surface area contributed by atoms with Gasteiger partial charge >= 0.3 is 0 Å². The monoisotopic (exact) mass is 152 g/mol. The Morgan fingerprint density at radius 2 is 2.09 bits per heavy atom. The molecule has 0 radical (unpaired) electrons. The first-order chi connectivity index (χ1) is 5.33.